The molecule has 2 aromatic heterocycles. The number of thiophene rings is 1. The normalized spacial score (nSPS) is 11.3. The predicted octanol–water partition coefficient (Wildman–Crippen LogP) is 4.07. The topological polar surface area (TPSA) is 63.8 Å². The van der Waals surface area contributed by atoms with Crippen molar-refractivity contribution in [1.82, 2.24) is 5.43 Å². The molecule has 1 aromatic carbocycles. The van der Waals surface area contributed by atoms with Gasteiger partial charge in [0, 0.05) is 4.88 Å². The molecule has 3 rings (SSSR count). The molecule has 3 aromatic rings. The van der Waals surface area contributed by atoms with Crippen LogP contribution in [0.4, 0.5) is 0 Å². The van der Waals surface area contributed by atoms with E-state index in [0.29, 0.717) is 5.76 Å². The minimum Gasteiger partial charge on any atom is -0.486 e. The first-order valence-corrected chi connectivity index (χ1v) is 8.25. The van der Waals surface area contributed by atoms with Crippen molar-refractivity contribution in [2.24, 2.45) is 5.10 Å². The number of nitrogens with one attached hydrogen (secondary N) is 1. The van der Waals surface area contributed by atoms with E-state index in [0.717, 1.165) is 16.3 Å². The lowest BCUT2D eigenvalue weighted by Crippen LogP contribution is -2.18. The molecule has 0 unspecified atom stereocenters. The number of ether oxygens (including phenoxy) is 1. The Morgan fingerprint density at radius 2 is 2.00 bits per heavy atom. The van der Waals surface area contributed by atoms with Crippen LogP contribution in [0.1, 0.15) is 28.1 Å². The fourth-order valence-electron chi connectivity index (χ4n) is 1.98. The van der Waals surface area contributed by atoms with Crippen molar-refractivity contribution >= 4 is 23.0 Å². The van der Waals surface area contributed by atoms with Gasteiger partial charge in [0.15, 0.2) is 5.76 Å². The van der Waals surface area contributed by atoms with Crippen molar-refractivity contribution in [3.8, 4) is 5.75 Å². The third kappa shape index (κ3) is 4.11. The molecule has 0 saturated heterocycles. The van der Waals surface area contributed by atoms with Gasteiger partial charge in [-0.15, -0.1) is 11.3 Å². The number of benzene rings is 1. The number of hydrogen-bond acceptors (Lipinski definition) is 5. The Morgan fingerprint density at radius 1 is 1.17 bits per heavy atom. The predicted molar refractivity (Wildman–Crippen MR) is 93.5 cm³/mol. The molecule has 24 heavy (non-hydrogen) atoms. The number of furan rings is 1. The van der Waals surface area contributed by atoms with Gasteiger partial charge in [-0.25, -0.2) is 5.43 Å². The van der Waals surface area contributed by atoms with E-state index in [9.17, 15) is 4.79 Å². The average molecular weight is 340 g/mol. The Morgan fingerprint density at radius 3 is 2.75 bits per heavy atom. The lowest BCUT2D eigenvalue weighted by atomic mass is 10.3. The number of carbonyl (C=O) groups excluding carboxylic acids is 1. The highest BCUT2D eigenvalue weighted by Gasteiger charge is 2.11. The Bertz CT molecular complexity index is 823. The van der Waals surface area contributed by atoms with Crippen LogP contribution in [0, 0.1) is 0 Å². The van der Waals surface area contributed by atoms with Crippen LogP contribution in [0.5, 0.6) is 5.75 Å². The molecule has 2 heterocycles. The maximum Gasteiger partial charge on any atom is 0.307 e. The maximum absolute atomic E-state index is 12.1. The molecule has 0 saturated carbocycles. The Hall–Kier alpha value is -2.86. The van der Waals surface area contributed by atoms with Gasteiger partial charge >= 0.3 is 5.91 Å². The van der Waals surface area contributed by atoms with Gasteiger partial charge in [0.25, 0.3) is 0 Å². The van der Waals surface area contributed by atoms with Gasteiger partial charge in [0.1, 0.15) is 18.1 Å². The van der Waals surface area contributed by atoms with Crippen LogP contribution < -0.4 is 10.2 Å². The molecule has 0 aliphatic carbocycles. The van der Waals surface area contributed by atoms with Crippen molar-refractivity contribution < 1.29 is 13.9 Å². The van der Waals surface area contributed by atoms with Crippen LogP contribution >= 0.6 is 11.3 Å². The molecule has 0 atom stereocenters. The molecule has 0 aliphatic rings. The molecule has 0 spiro atoms. The lowest BCUT2D eigenvalue weighted by Gasteiger charge is -2.03. The summed E-state index contributed by atoms with van der Waals surface area (Å²) in [6.07, 6.45) is 0. The summed E-state index contributed by atoms with van der Waals surface area (Å²) in [5, 5.41) is 6.04. The van der Waals surface area contributed by atoms with E-state index in [4.69, 9.17) is 9.15 Å². The monoisotopic (exact) mass is 340 g/mol. The molecule has 0 bridgehead atoms. The number of carbonyl (C=O) groups is 1. The number of hydrazone groups is 1. The molecular weight excluding hydrogens is 324 g/mol. The van der Waals surface area contributed by atoms with E-state index in [1.807, 2.05) is 54.8 Å². The van der Waals surface area contributed by atoms with Gasteiger partial charge in [0.05, 0.1) is 5.71 Å². The second kappa shape index (κ2) is 7.61. The second-order valence-corrected chi connectivity index (χ2v) is 5.93. The van der Waals surface area contributed by atoms with E-state index < -0.39 is 5.91 Å². The van der Waals surface area contributed by atoms with Gasteiger partial charge in [-0.3, -0.25) is 4.79 Å². The van der Waals surface area contributed by atoms with Crippen molar-refractivity contribution in [2.45, 2.75) is 13.5 Å². The summed E-state index contributed by atoms with van der Waals surface area (Å²) in [5.41, 5.74) is 3.24. The molecule has 0 aliphatic heterocycles. The number of rotatable bonds is 6. The highest BCUT2D eigenvalue weighted by atomic mass is 32.1. The maximum atomic E-state index is 12.1. The van der Waals surface area contributed by atoms with Gasteiger partial charge in [-0.05, 0) is 42.6 Å². The van der Waals surface area contributed by atoms with Crippen LogP contribution in [0.3, 0.4) is 0 Å². The van der Waals surface area contributed by atoms with E-state index in [1.54, 1.807) is 23.5 Å². The number of para-hydroxylation sites is 1. The standard InChI is InChI=1S/C18H16N2O3S/c1-13(17-8-5-11-24-17)19-20-18(21)16-10-9-15(23-16)12-22-14-6-3-2-4-7-14/h2-11H,12H2,1H3,(H,20,21)/b19-13-. The lowest BCUT2D eigenvalue weighted by molar-refractivity contribution is 0.0923. The summed E-state index contributed by atoms with van der Waals surface area (Å²) in [6.45, 7) is 2.10. The summed E-state index contributed by atoms with van der Waals surface area (Å²) in [4.78, 5) is 13.1. The molecule has 122 valence electrons. The largest absolute Gasteiger partial charge is 0.486 e. The van der Waals surface area contributed by atoms with Crippen LogP contribution in [0.25, 0.3) is 0 Å². The minimum atomic E-state index is -0.392. The molecule has 1 N–H and O–H groups in total. The average Bonchev–Trinajstić information content (AvgIpc) is 3.30. The third-order valence-corrected chi connectivity index (χ3v) is 4.19. The Labute approximate surface area is 143 Å². The highest BCUT2D eigenvalue weighted by molar-refractivity contribution is 7.12. The molecule has 0 fully saturated rings. The summed E-state index contributed by atoms with van der Waals surface area (Å²) in [6, 6.07) is 16.6. The summed E-state index contributed by atoms with van der Waals surface area (Å²) < 4.78 is 11.1. The molecule has 1 amide bonds. The van der Waals surface area contributed by atoms with Crippen LogP contribution in [-0.4, -0.2) is 11.6 Å². The van der Waals surface area contributed by atoms with E-state index in [2.05, 4.69) is 10.5 Å². The first kappa shape index (κ1) is 16.0. The summed E-state index contributed by atoms with van der Waals surface area (Å²) in [7, 11) is 0. The van der Waals surface area contributed by atoms with E-state index in [1.165, 1.54) is 0 Å². The molecule has 6 heteroatoms. The van der Waals surface area contributed by atoms with E-state index in [-0.39, 0.29) is 12.4 Å². The first-order chi connectivity index (χ1) is 11.7. The Balaban J connectivity index is 1.56. The zero-order valence-electron chi connectivity index (χ0n) is 13.1. The zero-order valence-corrected chi connectivity index (χ0v) is 13.9. The summed E-state index contributed by atoms with van der Waals surface area (Å²) in [5.74, 6) is 1.13. The number of nitrogens with zero attached hydrogens (tertiary/aromatic N) is 1. The summed E-state index contributed by atoms with van der Waals surface area (Å²) >= 11 is 1.57. The van der Waals surface area contributed by atoms with Crippen molar-refractivity contribution in [3.63, 3.8) is 0 Å². The quantitative estimate of drug-likeness (QED) is 0.543. The first-order valence-electron chi connectivity index (χ1n) is 7.37. The number of hydrogen-bond donors (Lipinski definition) is 1. The fraction of sp³-hybridized carbons (Fsp3) is 0.111. The van der Waals surface area contributed by atoms with Crippen LogP contribution in [0.2, 0.25) is 0 Å². The van der Waals surface area contributed by atoms with Gasteiger partial charge < -0.3 is 9.15 Å². The van der Waals surface area contributed by atoms with Gasteiger partial charge in [0.2, 0.25) is 0 Å². The fourth-order valence-corrected chi connectivity index (χ4v) is 2.66. The van der Waals surface area contributed by atoms with Gasteiger partial charge in [-0.1, -0.05) is 24.3 Å². The molecule has 0 radical (unpaired) electrons. The van der Waals surface area contributed by atoms with E-state index >= 15 is 0 Å². The zero-order chi connectivity index (χ0) is 16.8. The Kier molecular flexibility index (Phi) is 5.08. The highest BCUT2D eigenvalue weighted by Crippen LogP contribution is 2.14. The van der Waals surface area contributed by atoms with Crippen molar-refractivity contribution in [1.29, 1.82) is 0 Å². The smallest absolute Gasteiger partial charge is 0.307 e. The minimum absolute atomic E-state index is 0.199. The molecule has 5 nitrogen and oxygen atoms in total. The SMILES string of the molecule is C/C(=N/NC(=O)c1ccc(COc2ccccc2)o1)c1cccs1. The molecular formula is C18H16N2O3S. The van der Waals surface area contributed by atoms with Crippen molar-refractivity contribution in [3.05, 3.63) is 76.4 Å². The van der Waals surface area contributed by atoms with Crippen LogP contribution in [-0.2, 0) is 6.61 Å². The van der Waals surface area contributed by atoms with Gasteiger partial charge in [-0.2, -0.15) is 5.10 Å². The second-order valence-electron chi connectivity index (χ2n) is 4.98. The van der Waals surface area contributed by atoms with Crippen LogP contribution in [0.15, 0.2) is 69.5 Å². The van der Waals surface area contributed by atoms with Crippen molar-refractivity contribution in [2.75, 3.05) is 0 Å². The third-order valence-electron chi connectivity index (χ3n) is 3.21. The number of amides is 1.